The Kier molecular flexibility index (Phi) is 6.01. The first-order chi connectivity index (χ1) is 12.2. The topological polar surface area (TPSA) is 80.2 Å². The smallest absolute Gasteiger partial charge is 0.175 e. The maximum Gasteiger partial charge on any atom is 0.175 e. The van der Waals surface area contributed by atoms with Gasteiger partial charge in [-0.15, -0.1) is 0 Å². The first-order valence-corrected chi connectivity index (χ1v) is 8.39. The van der Waals surface area contributed by atoms with Crippen LogP contribution in [0.1, 0.15) is 5.56 Å². The lowest BCUT2D eigenvalue weighted by Gasteiger charge is -2.43. The van der Waals surface area contributed by atoms with Crippen molar-refractivity contribution in [3.8, 4) is 0 Å². The highest BCUT2D eigenvalue weighted by Gasteiger charge is 2.45. The van der Waals surface area contributed by atoms with Gasteiger partial charge in [-0.2, -0.15) is 0 Å². The predicted molar refractivity (Wildman–Crippen MR) is 94.1 cm³/mol. The van der Waals surface area contributed by atoms with Gasteiger partial charge in [-0.1, -0.05) is 42.5 Å². The van der Waals surface area contributed by atoms with Crippen LogP contribution in [0.4, 0.5) is 0 Å². The van der Waals surface area contributed by atoms with Crippen molar-refractivity contribution in [2.75, 3.05) is 20.8 Å². The Hall–Kier alpha value is -1.54. The fourth-order valence-corrected chi connectivity index (χ4v) is 3.45. The summed E-state index contributed by atoms with van der Waals surface area (Å²) in [6, 6.07) is 13.8. The van der Waals surface area contributed by atoms with Crippen molar-refractivity contribution in [2.24, 2.45) is 0 Å². The first-order valence-electron chi connectivity index (χ1n) is 8.39. The van der Waals surface area contributed by atoms with Crippen LogP contribution in [-0.4, -0.2) is 61.7 Å². The third-order valence-electron chi connectivity index (χ3n) is 4.77. The molecular weight excluding hydrogens is 322 g/mol. The third-order valence-corrected chi connectivity index (χ3v) is 4.77. The lowest BCUT2D eigenvalue weighted by atomic mass is 9.96. The molecule has 2 unspecified atom stereocenters. The minimum absolute atomic E-state index is 0.245. The second-order valence-corrected chi connectivity index (χ2v) is 6.20. The number of hydrogen-bond acceptors (Lipinski definition) is 6. The number of ether oxygens (including phenoxy) is 3. The van der Waals surface area contributed by atoms with E-state index in [4.69, 9.17) is 14.2 Å². The second-order valence-electron chi connectivity index (χ2n) is 6.20. The van der Waals surface area contributed by atoms with E-state index in [9.17, 15) is 10.2 Å². The van der Waals surface area contributed by atoms with Gasteiger partial charge in [0, 0.05) is 20.8 Å². The molecule has 0 saturated carbocycles. The number of hydrogen-bond donors (Lipinski definition) is 3. The molecule has 0 spiro atoms. The van der Waals surface area contributed by atoms with Gasteiger partial charge < -0.3 is 29.7 Å². The zero-order chi connectivity index (χ0) is 17.8. The molecule has 3 rings (SSSR count). The van der Waals surface area contributed by atoms with Crippen molar-refractivity contribution < 1.29 is 24.4 Å². The van der Waals surface area contributed by atoms with Crippen molar-refractivity contribution in [3.63, 3.8) is 0 Å². The Morgan fingerprint density at radius 2 is 1.84 bits per heavy atom. The number of rotatable bonds is 6. The molecule has 3 N–H and O–H groups in total. The SMILES string of the molecule is CO[C@@H]1OC(CO)[C@@H](OC)[C@H](O)C1NCc1cccc2ccccc12. The highest BCUT2D eigenvalue weighted by Crippen LogP contribution is 2.25. The van der Waals surface area contributed by atoms with Gasteiger partial charge in [0.05, 0.1) is 12.6 Å². The van der Waals surface area contributed by atoms with Crippen molar-refractivity contribution >= 4 is 10.8 Å². The maximum absolute atomic E-state index is 10.7. The summed E-state index contributed by atoms with van der Waals surface area (Å²) in [7, 11) is 3.01. The van der Waals surface area contributed by atoms with Gasteiger partial charge in [-0.05, 0) is 16.3 Å². The summed E-state index contributed by atoms with van der Waals surface area (Å²) in [4.78, 5) is 0. The summed E-state index contributed by atoms with van der Waals surface area (Å²) >= 11 is 0. The standard InChI is InChI=1S/C19H25NO5/c1-23-18-15(11-21)25-19(24-2)16(17(18)22)20-10-13-8-5-7-12-6-3-4-9-14(12)13/h3-9,15-22H,10-11H2,1-2H3/t15?,16?,17-,18-,19-/m1/s1. The molecule has 0 aromatic heterocycles. The lowest BCUT2D eigenvalue weighted by Crippen LogP contribution is -2.64. The molecule has 0 amide bonds. The molecule has 0 radical (unpaired) electrons. The summed E-state index contributed by atoms with van der Waals surface area (Å²) in [6.07, 6.45) is -2.79. The van der Waals surface area contributed by atoms with Crippen molar-refractivity contribution in [3.05, 3.63) is 48.0 Å². The van der Waals surface area contributed by atoms with Gasteiger partial charge in [0.2, 0.25) is 0 Å². The minimum Gasteiger partial charge on any atom is -0.394 e. The molecule has 2 aromatic carbocycles. The van der Waals surface area contributed by atoms with Gasteiger partial charge in [0.15, 0.2) is 6.29 Å². The van der Waals surface area contributed by atoms with E-state index in [0.29, 0.717) is 6.54 Å². The Morgan fingerprint density at radius 1 is 1.08 bits per heavy atom. The third kappa shape index (κ3) is 3.69. The van der Waals surface area contributed by atoms with Crippen LogP contribution in [0, 0.1) is 0 Å². The van der Waals surface area contributed by atoms with Crippen LogP contribution in [0.2, 0.25) is 0 Å². The van der Waals surface area contributed by atoms with Crippen LogP contribution in [0.3, 0.4) is 0 Å². The van der Waals surface area contributed by atoms with Crippen LogP contribution < -0.4 is 5.32 Å². The summed E-state index contributed by atoms with van der Waals surface area (Å²) < 4.78 is 16.4. The summed E-state index contributed by atoms with van der Waals surface area (Å²) in [5, 5.41) is 25.8. The minimum atomic E-state index is -0.865. The van der Waals surface area contributed by atoms with E-state index >= 15 is 0 Å². The van der Waals surface area contributed by atoms with Crippen molar-refractivity contribution in [1.29, 1.82) is 0 Å². The Labute approximate surface area is 147 Å². The van der Waals surface area contributed by atoms with E-state index < -0.39 is 30.6 Å². The molecule has 136 valence electrons. The maximum atomic E-state index is 10.7. The monoisotopic (exact) mass is 347 g/mol. The van der Waals surface area contributed by atoms with E-state index in [1.54, 1.807) is 0 Å². The number of methoxy groups -OCH3 is 2. The zero-order valence-corrected chi connectivity index (χ0v) is 14.5. The van der Waals surface area contributed by atoms with E-state index in [0.717, 1.165) is 10.9 Å². The van der Waals surface area contributed by atoms with Crippen molar-refractivity contribution in [1.82, 2.24) is 5.32 Å². The highest BCUT2D eigenvalue weighted by atomic mass is 16.7. The van der Waals surface area contributed by atoms with Gasteiger partial charge in [-0.3, -0.25) is 0 Å². The molecule has 1 fully saturated rings. The van der Waals surface area contributed by atoms with Crippen molar-refractivity contribution in [2.45, 2.75) is 37.2 Å². The van der Waals surface area contributed by atoms with Crippen LogP contribution in [0.5, 0.6) is 0 Å². The number of aliphatic hydroxyl groups excluding tert-OH is 2. The molecule has 5 atom stereocenters. The van der Waals surface area contributed by atoms with Gasteiger partial charge in [0.1, 0.15) is 18.3 Å². The number of nitrogens with one attached hydrogen (secondary N) is 1. The molecule has 1 aliphatic heterocycles. The molecule has 25 heavy (non-hydrogen) atoms. The first kappa shape index (κ1) is 18.3. The van der Waals surface area contributed by atoms with Crippen LogP contribution in [0.25, 0.3) is 10.8 Å². The molecule has 1 heterocycles. The normalized spacial score (nSPS) is 29.8. The van der Waals surface area contributed by atoms with E-state index in [-0.39, 0.29) is 6.61 Å². The summed E-state index contributed by atoms with van der Waals surface area (Å²) in [6.45, 7) is 0.304. The molecule has 0 bridgehead atoms. The molecular formula is C19H25NO5. The summed E-state index contributed by atoms with van der Waals surface area (Å²) in [5.41, 5.74) is 1.12. The molecule has 1 aliphatic rings. The van der Waals surface area contributed by atoms with Crippen LogP contribution in [0.15, 0.2) is 42.5 Å². The Bertz CT molecular complexity index is 689. The fourth-order valence-electron chi connectivity index (χ4n) is 3.45. The lowest BCUT2D eigenvalue weighted by molar-refractivity contribution is -0.268. The van der Waals surface area contributed by atoms with E-state index in [2.05, 4.69) is 29.6 Å². The summed E-state index contributed by atoms with van der Waals surface area (Å²) in [5.74, 6) is 0. The van der Waals surface area contributed by atoms with Gasteiger partial charge in [0.25, 0.3) is 0 Å². The number of aliphatic hydroxyl groups is 2. The second kappa shape index (κ2) is 8.23. The fraction of sp³-hybridized carbons (Fsp3) is 0.474. The highest BCUT2D eigenvalue weighted by molar-refractivity contribution is 5.85. The van der Waals surface area contributed by atoms with E-state index in [1.165, 1.54) is 19.6 Å². The van der Waals surface area contributed by atoms with Crippen LogP contribution >= 0.6 is 0 Å². The zero-order valence-electron chi connectivity index (χ0n) is 14.5. The van der Waals surface area contributed by atoms with E-state index in [1.807, 2.05) is 18.2 Å². The average molecular weight is 347 g/mol. The molecule has 2 aromatic rings. The Balaban J connectivity index is 1.78. The predicted octanol–water partition coefficient (Wildman–Crippen LogP) is 1.04. The quantitative estimate of drug-likeness (QED) is 0.725. The largest absolute Gasteiger partial charge is 0.394 e. The molecule has 6 nitrogen and oxygen atoms in total. The number of benzene rings is 2. The van der Waals surface area contributed by atoms with Crippen LogP contribution in [-0.2, 0) is 20.8 Å². The molecule has 1 saturated heterocycles. The molecule has 6 heteroatoms. The Morgan fingerprint density at radius 3 is 2.56 bits per heavy atom. The van der Waals surface area contributed by atoms with Gasteiger partial charge >= 0.3 is 0 Å². The molecule has 0 aliphatic carbocycles. The van der Waals surface area contributed by atoms with Gasteiger partial charge in [-0.25, -0.2) is 0 Å². The number of fused-ring (bicyclic) bond motifs is 1. The average Bonchev–Trinajstić information content (AvgIpc) is 2.66.